The van der Waals surface area contributed by atoms with Crippen LogP contribution in [-0.2, 0) is 0 Å². The van der Waals surface area contributed by atoms with Gasteiger partial charge in [-0.15, -0.1) is 0 Å². The molecule has 1 aromatic rings. The highest BCUT2D eigenvalue weighted by Gasteiger charge is 2.33. The number of aliphatic imine (C=N–C) groups is 1. The molecule has 0 aromatic heterocycles. The summed E-state index contributed by atoms with van der Waals surface area (Å²) < 4.78 is 1.05. The molecular weight excluding hydrogens is 188 g/mol. The zero-order valence-corrected chi connectivity index (χ0v) is 9.53. The van der Waals surface area contributed by atoms with Gasteiger partial charge in [0.1, 0.15) is 5.69 Å². The highest BCUT2D eigenvalue weighted by atomic mass is 16.3. The van der Waals surface area contributed by atoms with Crippen molar-refractivity contribution in [2.75, 3.05) is 0 Å². The SMILES string of the molecule is CC1=Nc2c(C)cc(C)cc2[N+](=O)C1C. The molecule has 0 N–H and O–H groups in total. The van der Waals surface area contributed by atoms with E-state index in [9.17, 15) is 4.91 Å². The minimum Gasteiger partial charge on any atom is -0.244 e. The maximum Gasteiger partial charge on any atom is 0.282 e. The molecule has 1 atom stereocenters. The monoisotopic (exact) mass is 203 g/mol. The minimum atomic E-state index is -0.154. The van der Waals surface area contributed by atoms with Crippen molar-refractivity contribution < 1.29 is 4.76 Å². The summed E-state index contributed by atoms with van der Waals surface area (Å²) in [5, 5.41) is 0. The number of hydrogen-bond acceptors (Lipinski definition) is 2. The van der Waals surface area contributed by atoms with Crippen LogP contribution in [-0.4, -0.2) is 16.5 Å². The summed E-state index contributed by atoms with van der Waals surface area (Å²) in [6, 6.07) is 3.81. The van der Waals surface area contributed by atoms with Crippen molar-refractivity contribution in [3.8, 4) is 0 Å². The molecule has 0 radical (unpaired) electrons. The van der Waals surface area contributed by atoms with Crippen LogP contribution < -0.4 is 0 Å². The highest BCUT2D eigenvalue weighted by molar-refractivity contribution is 5.91. The van der Waals surface area contributed by atoms with Crippen LogP contribution in [0.15, 0.2) is 17.1 Å². The Morgan fingerprint density at radius 2 is 1.93 bits per heavy atom. The molecule has 0 bridgehead atoms. The van der Waals surface area contributed by atoms with Gasteiger partial charge in [0.05, 0.1) is 5.71 Å². The first kappa shape index (κ1) is 10.0. The smallest absolute Gasteiger partial charge is 0.244 e. The molecule has 2 rings (SSSR count). The molecule has 0 saturated heterocycles. The Labute approximate surface area is 89.4 Å². The van der Waals surface area contributed by atoms with Gasteiger partial charge in [0.15, 0.2) is 0 Å². The first-order valence-electron chi connectivity index (χ1n) is 5.13. The van der Waals surface area contributed by atoms with E-state index in [0.29, 0.717) is 5.69 Å². The fourth-order valence-corrected chi connectivity index (χ4v) is 1.90. The predicted octanol–water partition coefficient (Wildman–Crippen LogP) is 3.21. The molecule has 78 valence electrons. The number of fused-ring (bicyclic) bond motifs is 1. The standard InChI is InChI=1S/C12H15N2O/c1-7-5-8(2)12-11(6-7)14(15)10(4)9(3)13-12/h5-6,10H,1-4H3/q+1. The maximum absolute atomic E-state index is 12.0. The van der Waals surface area contributed by atoms with E-state index in [2.05, 4.69) is 11.1 Å². The Hall–Kier alpha value is -1.51. The van der Waals surface area contributed by atoms with Crippen molar-refractivity contribution in [3.05, 3.63) is 28.2 Å². The zero-order valence-electron chi connectivity index (χ0n) is 9.53. The van der Waals surface area contributed by atoms with Crippen molar-refractivity contribution in [2.45, 2.75) is 33.7 Å². The molecule has 3 heteroatoms. The zero-order chi connectivity index (χ0) is 11.2. The van der Waals surface area contributed by atoms with Crippen molar-refractivity contribution in [1.29, 1.82) is 0 Å². The fourth-order valence-electron chi connectivity index (χ4n) is 1.90. The number of hydrogen-bond donors (Lipinski definition) is 0. The van der Waals surface area contributed by atoms with E-state index in [-0.39, 0.29) is 6.04 Å². The number of nitrogens with zero attached hydrogens (tertiary/aromatic N) is 2. The molecule has 0 amide bonds. The van der Waals surface area contributed by atoms with Crippen LogP contribution in [0.5, 0.6) is 0 Å². The lowest BCUT2D eigenvalue weighted by Crippen LogP contribution is -2.27. The van der Waals surface area contributed by atoms with Crippen LogP contribution in [0.25, 0.3) is 0 Å². The van der Waals surface area contributed by atoms with E-state index >= 15 is 0 Å². The Morgan fingerprint density at radius 3 is 2.60 bits per heavy atom. The Balaban J connectivity index is 2.72. The van der Waals surface area contributed by atoms with Crippen LogP contribution in [0, 0.1) is 18.8 Å². The van der Waals surface area contributed by atoms with Crippen molar-refractivity contribution in [1.82, 2.24) is 0 Å². The van der Waals surface area contributed by atoms with E-state index in [0.717, 1.165) is 27.3 Å². The molecular formula is C12H15N2O+. The van der Waals surface area contributed by atoms with Gasteiger partial charge in [-0.05, 0) is 31.9 Å². The number of benzene rings is 1. The van der Waals surface area contributed by atoms with Crippen molar-refractivity contribution in [3.63, 3.8) is 0 Å². The lowest BCUT2D eigenvalue weighted by Gasteiger charge is -2.13. The van der Waals surface area contributed by atoms with Gasteiger partial charge in [-0.2, -0.15) is 0 Å². The van der Waals surface area contributed by atoms with Crippen LogP contribution in [0.1, 0.15) is 25.0 Å². The molecule has 1 aromatic carbocycles. The lowest BCUT2D eigenvalue weighted by atomic mass is 10.0. The van der Waals surface area contributed by atoms with Gasteiger partial charge < -0.3 is 0 Å². The first-order chi connectivity index (χ1) is 7.00. The van der Waals surface area contributed by atoms with Gasteiger partial charge in [-0.1, -0.05) is 6.07 Å². The Morgan fingerprint density at radius 1 is 1.27 bits per heavy atom. The Bertz CT molecular complexity index is 475. The first-order valence-corrected chi connectivity index (χ1v) is 5.13. The third kappa shape index (κ3) is 1.48. The van der Waals surface area contributed by atoms with E-state index in [1.165, 1.54) is 0 Å². The van der Waals surface area contributed by atoms with E-state index in [4.69, 9.17) is 0 Å². The van der Waals surface area contributed by atoms with Gasteiger partial charge in [0, 0.05) is 22.7 Å². The van der Waals surface area contributed by atoms with Crippen LogP contribution in [0.3, 0.4) is 0 Å². The topological polar surface area (TPSA) is 32.4 Å². The third-order valence-electron chi connectivity index (χ3n) is 2.91. The third-order valence-corrected chi connectivity index (χ3v) is 2.91. The van der Waals surface area contributed by atoms with Crippen LogP contribution in [0.2, 0.25) is 0 Å². The minimum absolute atomic E-state index is 0.154. The number of aryl methyl sites for hydroxylation is 2. The van der Waals surface area contributed by atoms with Gasteiger partial charge in [0.2, 0.25) is 6.04 Å². The second-order valence-electron chi connectivity index (χ2n) is 4.20. The normalized spacial score (nSPS) is 19.9. The molecule has 3 nitrogen and oxygen atoms in total. The summed E-state index contributed by atoms with van der Waals surface area (Å²) in [6.07, 6.45) is 0. The van der Waals surface area contributed by atoms with Gasteiger partial charge >= 0.3 is 0 Å². The highest BCUT2D eigenvalue weighted by Crippen LogP contribution is 2.36. The molecule has 1 aliphatic rings. The molecule has 1 unspecified atom stereocenters. The molecule has 0 spiro atoms. The van der Waals surface area contributed by atoms with E-state index in [1.807, 2.05) is 33.8 Å². The molecule has 0 fully saturated rings. The molecule has 1 heterocycles. The quantitative estimate of drug-likeness (QED) is 0.596. The average molecular weight is 203 g/mol. The average Bonchev–Trinajstić information content (AvgIpc) is 2.17. The lowest BCUT2D eigenvalue weighted by molar-refractivity contribution is -0.482. The summed E-state index contributed by atoms with van der Waals surface area (Å²) in [6.45, 7) is 7.77. The largest absolute Gasteiger partial charge is 0.282 e. The maximum atomic E-state index is 12.0. The number of rotatable bonds is 0. The summed E-state index contributed by atoms with van der Waals surface area (Å²) in [7, 11) is 0. The molecule has 1 aliphatic heterocycles. The summed E-state index contributed by atoms with van der Waals surface area (Å²) >= 11 is 0. The van der Waals surface area contributed by atoms with Gasteiger partial charge in [-0.25, -0.2) is 4.99 Å². The summed E-state index contributed by atoms with van der Waals surface area (Å²) in [5.41, 5.74) is 4.58. The van der Waals surface area contributed by atoms with Crippen molar-refractivity contribution in [2.24, 2.45) is 4.99 Å². The summed E-state index contributed by atoms with van der Waals surface area (Å²) in [4.78, 5) is 16.5. The van der Waals surface area contributed by atoms with Crippen LogP contribution >= 0.6 is 0 Å². The van der Waals surface area contributed by atoms with Gasteiger partial charge in [-0.3, -0.25) is 0 Å². The summed E-state index contributed by atoms with van der Waals surface area (Å²) in [5.74, 6) is 0. The van der Waals surface area contributed by atoms with Crippen molar-refractivity contribution >= 4 is 17.1 Å². The molecule has 0 aliphatic carbocycles. The second-order valence-corrected chi connectivity index (χ2v) is 4.20. The van der Waals surface area contributed by atoms with E-state index in [1.54, 1.807) is 0 Å². The molecule has 15 heavy (non-hydrogen) atoms. The second kappa shape index (κ2) is 3.26. The van der Waals surface area contributed by atoms with Gasteiger partial charge in [0.25, 0.3) is 5.69 Å². The predicted molar refractivity (Wildman–Crippen MR) is 61.4 cm³/mol. The number of nitroso groups, excluding NO2 is 1. The van der Waals surface area contributed by atoms with E-state index < -0.39 is 0 Å². The fraction of sp³-hybridized carbons (Fsp3) is 0.417. The van der Waals surface area contributed by atoms with Crippen LogP contribution in [0.4, 0.5) is 11.4 Å². The molecule has 0 saturated carbocycles. The Kier molecular flexibility index (Phi) is 2.18.